The lowest BCUT2D eigenvalue weighted by atomic mass is 10.3. The minimum absolute atomic E-state index is 0.0749. The Morgan fingerprint density at radius 2 is 1.75 bits per heavy atom. The molecule has 0 aliphatic carbocycles. The van der Waals surface area contributed by atoms with Crippen LogP contribution in [0, 0.1) is 0 Å². The smallest absolute Gasteiger partial charge is 0.139 e. The molecule has 0 radical (unpaired) electrons. The van der Waals surface area contributed by atoms with Crippen LogP contribution in [-0.4, -0.2) is 31.5 Å². The van der Waals surface area contributed by atoms with Crippen LogP contribution in [0.4, 0.5) is 0 Å². The van der Waals surface area contributed by atoms with Crippen molar-refractivity contribution in [3.63, 3.8) is 0 Å². The SMILES string of the molecule is COC[C@H](O)COc1cc(Cl)c(Cl)cc1Cl. The summed E-state index contributed by atoms with van der Waals surface area (Å²) in [6, 6.07) is 3.00. The van der Waals surface area contributed by atoms with E-state index in [4.69, 9.17) is 44.3 Å². The molecule has 6 heteroatoms. The lowest BCUT2D eigenvalue weighted by Gasteiger charge is -2.13. The third-order valence-electron chi connectivity index (χ3n) is 1.77. The van der Waals surface area contributed by atoms with Crippen LogP contribution in [0.5, 0.6) is 5.75 Å². The standard InChI is InChI=1S/C10H11Cl3O3/c1-15-4-6(14)5-16-10-3-8(12)7(11)2-9(10)13/h2-3,6,14H,4-5H2,1H3/t6-/m0/s1. The molecule has 1 rings (SSSR count). The van der Waals surface area contributed by atoms with Crippen LogP contribution < -0.4 is 4.74 Å². The zero-order valence-electron chi connectivity index (χ0n) is 8.54. The minimum Gasteiger partial charge on any atom is -0.489 e. The number of rotatable bonds is 5. The Morgan fingerprint density at radius 1 is 1.12 bits per heavy atom. The fraction of sp³-hybridized carbons (Fsp3) is 0.400. The second-order valence-corrected chi connectivity index (χ2v) is 4.34. The average Bonchev–Trinajstić information content (AvgIpc) is 2.22. The molecule has 3 nitrogen and oxygen atoms in total. The largest absolute Gasteiger partial charge is 0.489 e. The Labute approximate surface area is 109 Å². The first kappa shape index (κ1) is 13.9. The molecule has 90 valence electrons. The van der Waals surface area contributed by atoms with E-state index in [1.54, 1.807) is 0 Å². The second-order valence-electron chi connectivity index (χ2n) is 3.12. The van der Waals surface area contributed by atoms with Crippen molar-refractivity contribution < 1.29 is 14.6 Å². The molecule has 0 saturated heterocycles. The molecule has 16 heavy (non-hydrogen) atoms. The molecule has 0 bridgehead atoms. The summed E-state index contributed by atoms with van der Waals surface area (Å²) in [6.45, 7) is 0.268. The summed E-state index contributed by atoms with van der Waals surface area (Å²) in [5, 5.41) is 10.4. The van der Waals surface area contributed by atoms with Gasteiger partial charge in [0, 0.05) is 13.2 Å². The molecule has 0 saturated carbocycles. The molecule has 1 atom stereocenters. The van der Waals surface area contributed by atoms with E-state index in [1.807, 2.05) is 0 Å². The predicted octanol–water partition coefficient (Wildman–Crippen LogP) is 3.03. The van der Waals surface area contributed by atoms with Crippen LogP contribution in [0.25, 0.3) is 0 Å². The van der Waals surface area contributed by atoms with Gasteiger partial charge in [-0.2, -0.15) is 0 Å². The van der Waals surface area contributed by atoms with Gasteiger partial charge >= 0.3 is 0 Å². The van der Waals surface area contributed by atoms with E-state index < -0.39 is 6.10 Å². The Kier molecular flexibility index (Phi) is 5.66. The first-order valence-electron chi connectivity index (χ1n) is 4.49. The van der Waals surface area contributed by atoms with Gasteiger partial charge < -0.3 is 14.6 Å². The molecule has 0 unspecified atom stereocenters. The van der Waals surface area contributed by atoms with Crippen LogP contribution in [-0.2, 0) is 4.74 Å². The molecule has 1 aromatic rings. The van der Waals surface area contributed by atoms with Gasteiger partial charge in [-0.15, -0.1) is 0 Å². The maximum atomic E-state index is 9.37. The Bertz CT molecular complexity index is 357. The van der Waals surface area contributed by atoms with Gasteiger partial charge in [0.2, 0.25) is 0 Å². The molecule has 0 fully saturated rings. The summed E-state index contributed by atoms with van der Waals surface area (Å²) in [5.74, 6) is 0.381. The number of aliphatic hydroxyl groups excluding tert-OH is 1. The van der Waals surface area contributed by atoms with Gasteiger partial charge in [-0.3, -0.25) is 0 Å². The molecule has 0 amide bonds. The van der Waals surface area contributed by atoms with Crippen molar-refractivity contribution in [3.05, 3.63) is 27.2 Å². The third-order valence-corrected chi connectivity index (χ3v) is 2.78. The van der Waals surface area contributed by atoms with Crippen molar-refractivity contribution in [2.45, 2.75) is 6.10 Å². The Hall–Kier alpha value is -0.190. The average molecular weight is 286 g/mol. The number of halogens is 3. The monoisotopic (exact) mass is 284 g/mol. The minimum atomic E-state index is -0.712. The number of hydrogen-bond donors (Lipinski definition) is 1. The third kappa shape index (κ3) is 4.00. The topological polar surface area (TPSA) is 38.7 Å². The van der Waals surface area contributed by atoms with Crippen LogP contribution in [0.3, 0.4) is 0 Å². The highest BCUT2D eigenvalue weighted by Crippen LogP contribution is 2.33. The van der Waals surface area contributed by atoms with Crippen molar-refractivity contribution in [1.29, 1.82) is 0 Å². The van der Waals surface area contributed by atoms with E-state index >= 15 is 0 Å². The fourth-order valence-corrected chi connectivity index (χ4v) is 1.63. The van der Waals surface area contributed by atoms with Gasteiger partial charge in [0.05, 0.1) is 21.7 Å². The highest BCUT2D eigenvalue weighted by Gasteiger charge is 2.09. The fourth-order valence-electron chi connectivity index (χ4n) is 1.04. The van der Waals surface area contributed by atoms with Gasteiger partial charge in [-0.25, -0.2) is 0 Å². The van der Waals surface area contributed by atoms with E-state index in [-0.39, 0.29) is 13.2 Å². The van der Waals surface area contributed by atoms with Crippen molar-refractivity contribution in [1.82, 2.24) is 0 Å². The summed E-state index contributed by atoms with van der Waals surface area (Å²) in [7, 11) is 1.50. The molecule has 1 N–H and O–H groups in total. The highest BCUT2D eigenvalue weighted by atomic mass is 35.5. The van der Waals surface area contributed by atoms with Crippen molar-refractivity contribution in [2.75, 3.05) is 20.3 Å². The first-order chi connectivity index (χ1) is 7.54. The molecule has 0 aromatic heterocycles. The molecular formula is C10H11Cl3O3. The van der Waals surface area contributed by atoms with Gasteiger partial charge in [-0.1, -0.05) is 34.8 Å². The van der Waals surface area contributed by atoms with E-state index in [0.29, 0.717) is 20.8 Å². The second kappa shape index (κ2) is 6.52. The molecule has 0 aliphatic rings. The van der Waals surface area contributed by atoms with Crippen molar-refractivity contribution in [3.8, 4) is 5.75 Å². The summed E-state index contributed by atoms with van der Waals surface area (Å²) in [6.07, 6.45) is -0.712. The highest BCUT2D eigenvalue weighted by molar-refractivity contribution is 6.43. The van der Waals surface area contributed by atoms with E-state index in [1.165, 1.54) is 19.2 Å². The van der Waals surface area contributed by atoms with E-state index in [0.717, 1.165) is 0 Å². The lowest BCUT2D eigenvalue weighted by molar-refractivity contribution is 0.0326. The zero-order chi connectivity index (χ0) is 12.1. The number of benzene rings is 1. The molecular weight excluding hydrogens is 274 g/mol. The maximum absolute atomic E-state index is 9.37. The summed E-state index contributed by atoms with van der Waals surface area (Å²) >= 11 is 17.4. The zero-order valence-corrected chi connectivity index (χ0v) is 10.8. The molecule has 0 aliphatic heterocycles. The van der Waals surface area contributed by atoms with E-state index in [2.05, 4.69) is 0 Å². The normalized spacial score (nSPS) is 12.6. The number of methoxy groups -OCH3 is 1. The number of ether oxygens (including phenoxy) is 2. The summed E-state index contributed by atoms with van der Waals surface area (Å²) < 4.78 is 10.0. The van der Waals surface area contributed by atoms with Crippen LogP contribution in [0.2, 0.25) is 15.1 Å². The van der Waals surface area contributed by atoms with Crippen LogP contribution >= 0.6 is 34.8 Å². The van der Waals surface area contributed by atoms with Crippen molar-refractivity contribution >= 4 is 34.8 Å². The molecule has 1 aromatic carbocycles. The summed E-state index contributed by atoms with van der Waals surface area (Å²) in [5.41, 5.74) is 0. The van der Waals surface area contributed by atoms with Crippen LogP contribution in [0.1, 0.15) is 0 Å². The predicted molar refractivity (Wildman–Crippen MR) is 64.8 cm³/mol. The first-order valence-corrected chi connectivity index (χ1v) is 5.62. The van der Waals surface area contributed by atoms with Gasteiger partial charge in [0.15, 0.2) is 0 Å². The van der Waals surface area contributed by atoms with Crippen molar-refractivity contribution in [2.24, 2.45) is 0 Å². The van der Waals surface area contributed by atoms with Crippen LogP contribution in [0.15, 0.2) is 12.1 Å². The maximum Gasteiger partial charge on any atom is 0.139 e. The molecule has 0 spiro atoms. The van der Waals surface area contributed by atoms with E-state index in [9.17, 15) is 5.11 Å². The van der Waals surface area contributed by atoms with Gasteiger partial charge in [-0.05, 0) is 6.07 Å². The lowest BCUT2D eigenvalue weighted by Crippen LogP contribution is -2.22. The Morgan fingerprint density at radius 3 is 2.38 bits per heavy atom. The number of hydrogen-bond acceptors (Lipinski definition) is 3. The number of aliphatic hydroxyl groups is 1. The van der Waals surface area contributed by atoms with Gasteiger partial charge in [0.25, 0.3) is 0 Å². The Balaban J connectivity index is 2.63. The molecule has 0 heterocycles. The van der Waals surface area contributed by atoms with Gasteiger partial charge in [0.1, 0.15) is 18.5 Å². The quantitative estimate of drug-likeness (QED) is 0.845. The summed E-state index contributed by atoms with van der Waals surface area (Å²) in [4.78, 5) is 0.